The maximum absolute atomic E-state index is 13.0. The zero-order valence-electron chi connectivity index (χ0n) is 22.2. The first-order valence-electron chi connectivity index (χ1n) is 13.2. The molecule has 35 heavy (non-hydrogen) atoms. The van der Waals surface area contributed by atoms with E-state index in [0.29, 0.717) is 28.7 Å². The Morgan fingerprint density at radius 2 is 1.74 bits per heavy atom. The summed E-state index contributed by atoms with van der Waals surface area (Å²) in [6, 6.07) is 0. The highest BCUT2D eigenvalue weighted by molar-refractivity contribution is 6.10. The van der Waals surface area contributed by atoms with Crippen LogP contribution in [-0.2, 0) is 14.3 Å². The van der Waals surface area contributed by atoms with Gasteiger partial charge in [0.25, 0.3) is 0 Å². The van der Waals surface area contributed by atoms with Gasteiger partial charge in [0.1, 0.15) is 5.76 Å². The molecule has 3 heterocycles. The number of hydrogen-bond donors (Lipinski definition) is 3. The van der Waals surface area contributed by atoms with Gasteiger partial charge in [-0.3, -0.25) is 4.79 Å². The fourth-order valence-electron chi connectivity index (χ4n) is 6.51. The molecule has 0 amide bonds. The topological polar surface area (TPSA) is 96.2 Å². The number of rotatable bonds is 0. The molecule has 9 atom stereocenters. The van der Waals surface area contributed by atoms with Crippen molar-refractivity contribution >= 4 is 5.78 Å². The van der Waals surface area contributed by atoms with Crippen LogP contribution in [0.2, 0.25) is 0 Å². The van der Waals surface area contributed by atoms with Crippen LogP contribution in [0.25, 0.3) is 0 Å². The van der Waals surface area contributed by atoms with Crippen LogP contribution in [0.15, 0.2) is 46.0 Å². The van der Waals surface area contributed by atoms with Gasteiger partial charge < -0.3 is 24.8 Å². The molecule has 1 saturated heterocycles. The quantitative estimate of drug-likeness (QED) is 0.411. The molecule has 0 aromatic heterocycles. The maximum Gasteiger partial charge on any atom is 0.231 e. The summed E-state index contributed by atoms with van der Waals surface area (Å²) in [5.41, 5.74) is 2.44. The van der Waals surface area contributed by atoms with Crippen LogP contribution in [0, 0.1) is 29.6 Å². The minimum absolute atomic E-state index is 0.0815. The summed E-state index contributed by atoms with van der Waals surface area (Å²) in [7, 11) is 0. The van der Waals surface area contributed by atoms with Crippen LogP contribution < -0.4 is 0 Å². The molecular weight excluding hydrogens is 444 g/mol. The number of fused-ring (bicyclic) bond motifs is 4. The van der Waals surface area contributed by atoms with E-state index in [1.165, 1.54) is 5.57 Å². The Morgan fingerprint density at radius 3 is 2.43 bits per heavy atom. The number of hydrogen-bond acceptors (Lipinski definition) is 6. The molecule has 3 aliphatic heterocycles. The minimum Gasteiger partial charge on any atom is -0.504 e. The molecule has 3 N–H and O–H groups in total. The van der Waals surface area contributed by atoms with Crippen LogP contribution in [-0.4, -0.2) is 45.2 Å². The number of aliphatic hydroxyl groups is 3. The minimum atomic E-state index is -1.60. The van der Waals surface area contributed by atoms with Crippen molar-refractivity contribution in [2.24, 2.45) is 29.6 Å². The summed E-state index contributed by atoms with van der Waals surface area (Å²) in [5, 5.41) is 33.8. The Morgan fingerprint density at radius 1 is 1.06 bits per heavy atom. The first kappa shape index (κ1) is 26.2. The van der Waals surface area contributed by atoms with E-state index in [9.17, 15) is 20.1 Å². The van der Waals surface area contributed by atoms with Gasteiger partial charge in [0.2, 0.25) is 11.6 Å². The second kappa shape index (κ2) is 9.53. The third-order valence-corrected chi connectivity index (χ3v) is 8.66. The van der Waals surface area contributed by atoms with Crippen molar-refractivity contribution in [3.63, 3.8) is 0 Å². The molecule has 0 saturated carbocycles. The van der Waals surface area contributed by atoms with Gasteiger partial charge in [0.05, 0.1) is 18.3 Å². The molecule has 6 heteroatoms. The lowest BCUT2D eigenvalue weighted by molar-refractivity contribution is -0.164. The average molecular weight is 487 g/mol. The van der Waals surface area contributed by atoms with E-state index in [2.05, 4.69) is 26.8 Å². The van der Waals surface area contributed by atoms with Gasteiger partial charge in [-0.25, -0.2) is 0 Å². The first-order chi connectivity index (χ1) is 16.3. The molecule has 0 aromatic rings. The lowest BCUT2D eigenvalue weighted by Crippen LogP contribution is -2.50. The van der Waals surface area contributed by atoms with Gasteiger partial charge in [0, 0.05) is 34.5 Å². The van der Waals surface area contributed by atoms with Crippen LogP contribution >= 0.6 is 0 Å². The third kappa shape index (κ3) is 4.65. The summed E-state index contributed by atoms with van der Waals surface area (Å²) in [6.45, 7) is 14.0. The van der Waals surface area contributed by atoms with E-state index in [4.69, 9.17) is 9.47 Å². The van der Waals surface area contributed by atoms with Crippen molar-refractivity contribution in [3.05, 3.63) is 46.0 Å². The van der Waals surface area contributed by atoms with Crippen molar-refractivity contribution in [3.8, 4) is 0 Å². The number of Topliss-reactive ketones (excluding diaryl/α,β-unsaturated/α-hetero) is 1. The SMILES string of the molecule is CC1=C2O[C@]3(O)C=C2C(=C(O)C1=O)C1OC(CC[C@H](C)/C=C(/C)C[C@@H](C)C[C@@H]3C)[C@H](C)[C@H](O)[C@H]1C. The summed E-state index contributed by atoms with van der Waals surface area (Å²) in [6.07, 6.45) is 5.76. The Balaban J connectivity index is 1.83. The van der Waals surface area contributed by atoms with Crippen LogP contribution in [0.4, 0.5) is 0 Å². The predicted molar refractivity (Wildman–Crippen MR) is 134 cm³/mol. The summed E-state index contributed by atoms with van der Waals surface area (Å²) >= 11 is 0. The standard InChI is InChI=1S/C29H42O6/c1-14-8-9-22-18(5)24(30)19(6)28(34-22)23-21-13-29(33,17(4)12-16(3)11-15(2)10-14)35-27(21)20(7)25(31)26(23)32/h10,13-14,16-19,22,24,28,30,32-33H,8-9,11-12H2,1-7H3/b15-10-/t14-,16+,17-,18-,19+,22?,24-,28?,29+/m0/s1. The Hall–Kier alpha value is -1.89. The number of allylic oxidation sites excluding steroid dienone is 4. The molecule has 194 valence electrons. The van der Waals surface area contributed by atoms with E-state index in [1.807, 2.05) is 20.8 Å². The van der Waals surface area contributed by atoms with Crippen molar-refractivity contribution < 1.29 is 29.6 Å². The zero-order chi connectivity index (χ0) is 25.8. The number of carbonyl (C=O) groups is 1. The van der Waals surface area contributed by atoms with Crippen molar-refractivity contribution in [2.75, 3.05) is 0 Å². The second-order valence-corrected chi connectivity index (χ2v) is 11.8. The Kier molecular flexibility index (Phi) is 7.13. The molecule has 6 nitrogen and oxygen atoms in total. The molecule has 0 spiro atoms. The highest BCUT2D eigenvalue weighted by Gasteiger charge is 2.51. The smallest absolute Gasteiger partial charge is 0.231 e. The van der Waals surface area contributed by atoms with E-state index in [1.54, 1.807) is 13.0 Å². The van der Waals surface area contributed by atoms with Gasteiger partial charge in [-0.05, 0) is 57.4 Å². The Bertz CT molecular complexity index is 1000. The molecule has 4 rings (SSSR count). The maximum atomic E-state index is 13.0. The molecule has 4 bridgehead atoms. The number of ether oxygens (including phenoxy) is 2. The number of carbonyl (C=O) groups excluding carboxylic acids is 1. The monoisotopic (exact) mass is 486 g/mol. The van der Waals surface area contributed by atoms with Crippen molar-refractivity contribution in [2.45, 2.75) is 98.2 Å². The largest absolute Gasteiger partial charge is 0.504 e. The van der Waals surface area contributed by atoms with Crippen LogP contribution in [0.5, 0.6) is 0 Å². The fraction of sp³-hybridized carbons (Fsp3) is 0.690. The summed E-state index contributed by atoms with van der Waals surface area (Å²) in [5.74, 6) is -2.16. The highest BCUT2D eigenvalue weighted by Crippen LogP contribution is 2.49. The third-order valence-electron chi connectivity index (χ3n) is 8.66. The van der Waals surface area contributed by atoms with Crippen LogP contribution in [0.3, 0.4) is 0 Å². The summed E-state index contributed by atoms with van der Waals surface area (Å²) < 4.78 is 12.7. The van der Waals surface area contributed by atoms with E-state index in [-0.39, 0.29) is 35.2 Å². The molecular formula is C29H42O6. The lowest BCUT2D eigenvalue weighted by atomic mass is 9.75. The van der Waals surface area contributed by atoms with Gasteiger partial charge in [-0.2, -0.15) is 0 Å². The van der Waals surface area contributed by atoms with Crippen molar-refractivity contribution in [1.29, 1.82) is 0 Å². The van der Waals surface area contributed by atoms with Crippen LogP contribution in [0.1, 0.15) is 74.1 Å². The predicted octanol–water partition coefficient (Wildman–Crippen LogP) is 5.13. The second-order valence-electron chi connectivity index (χ2n) is 11.8. The van der Waals surface area contributed by atoms with Gasteiger partial charge >= 0.3 is 0 Å². The molecule has 4 aliphatic rings. The molecule has 2 unspecified atom stereocenters. The average Bonchev–Trinajstić information content (AvgIpc) is 3.14. The molecule has 1 fully saturated rings. The van der Waals surface area contributed by atoms with Gasteiger partial charge in [0.15, 0.2) is 5.76 Å². The van der Waals surface area contributed by atoms with Crippen molar-refractivity contribution in [1.82, 2.24) is 0 Å². The molecule has 0 aromatic carbocycles. The molecule has 1 aliphatic carbocycles. The first-order valence-corrected chi connectivity index (χ1v) is 13.2. The zero-order valence-corrected chi connectivity index (χ0v) is 22.2. The van der Waals surface area contributed by atoms with E-state index < -0.39 is 23.8 Å². The molecule has 0 radical (unpaired) electrons. The van der Waals surface area contributed by atoms with E-state index >= 15 is 0 Å². The fourth-order valence-corrected chi connectivity index (χ4v) is 6.51. The summed E-state index contributed by atoms with van der Waals surface area (Å²) in [4.78, 5) is 13.0. The normalized spacial score (nSPS) is 44.5. The number of aliphatic hydroxyl groups excluding tert-OH is 2. The Labute approximate surface area is 209 Å². The van der Waals surface area contributed by atoms with Gasteiger partial charge in [-0.1, -0.05) is 46.3 Å². The lowest BCUT2D eigenvalue weighted by Gasteiger charge is -2.44. The number of ketones is 1. The van der Waals surface area contributed by atoms with Gasteiger partial charge in [-0.15, -0.1) is 0 Å². The highest BCUT2D eigenvalue weighted by atomic mass is 16.6. The van der Waals surface area contributed by atoms with E-state index in [0.717, 1.165) is 25.7 Å².